The van der Waals surface area contributed by atoms with Crippen LogP contribution in [0.4, 0.5) is 0 Å². The van der Waals surface area contributed by atoms with Gasteiger partial charge in [0.05, 0.1) is 18.2 Å². The van der Waals surface area contributed by atoms with E-state index in [0.717, 1.165) is 9.87 Å². The Morgan fingerprint density at radius 2 is 2.00 bits per heavy atom. The molecule has 1 N–H and O–H groups in total. The Labute approximate surface area is 176 Å². The number of hydrogen-bond donors (Lipinski definition) is 1. The van der Waals surface area contributed by atoms with Crippen molar-refractivity contribution in [2.45, 2.75) is 22.9 Å². The highest BCUT2D eigenvalue weighted by Crippen LogP contribution is 2.29. The van der Waals surface area contributed by atoms with E-state index in [1.54, 1.807) is 19.2 Å². The fraction of sp³-hybridized carbons (Fsp3) is 0.350. The summed E-state index contributed by atoms with van der Waals surface area (Å²) in [5.41, 5.74) is 0.999. The lowest BCUT2D eigenvalue weighted by Crippen LogP contribution is -2.22. The largest absolute Gasteiger partial charge is 0.493 e. The first-order valence-corrected chi connectivity index (χ1v) is 11.3. The minimum atomic E-state index is -3.50. The Hall–Kier alpha value is -2.07. The van der Waals surface area contributed by atoms with Crippen LogP contribution in [0.3, 0.4) is 0 Å². The number of benzene rings is 1. The Balaban J connectivity index is 1.90. The predicted octanol–water partition coefficient (Wildman–Crippen LogP) is 2.91. The van der Waals surface area contributed by atoms with Crippen molar-refractivity contribution < 1.29 is 23.0 Å². The number of methoxy groups -OCH3 is 1. The van der Waals surface area contributed by atoms with Crippen LogP contribution < -0.4 is 9.47 Å². The van der Waals surface area contributed by atoms with E-state index in [1.165, 1.54) is 38.1 Å². The lowest BCUT2D eigenvalue weighted by Gasteiger charge is -2.15. The number of aliphatic hydroxyl groups is 1. The van der Waals surface area contributed by atoms with Gasteiger partial charge in [0.25, 0.3) is 0 Å². The van der Waals surface area contributed by atoms with Gasteiger partial charge in [0.15, 0.2) is 11.5 Å². The molecule has 7 nitrogen and oxygen atoms in total. The van der Waals surface area contributed by atoms with E-state index in [-0.39, 0.29) is 11.5 Å². The summed E-state index contributed by atoms with van der Waals surface area (Å²) in [7, 11) is 1.01. The highest BCUT2D eigenvalue weighted by atomic mass is 32.2. The van der Waals surface area contributed by atoms with Crippen molar-refractivity contribution in [2.75, 3.05) is 33.6 Å². The van der Waals surface area contributed by atoms with Crippen molar-refractivity contribution in [3.8, 4) is 11.5 Å². The lowest BCUT2D eigenvalue weighted by atomic mass is 10.2. The van der Waals surface area contributed by atoms with Crippen molar-refractivity contribution in [3.05, 3.63) is 48.2 Å². The topological polar surface area (TPSA) is 89.0 Å². The molecule has 1 atom stereocenters. The van der Waals surface area contributed by atoms with Crippen molar-refractivity contribution in [3.63, 3.8) is 0 Å². The Morgan fingerprint density at radius 3 is 2.59 bits per heavy atom. The fourth-order valence-corrected chi connectivity index (χ4v) is 3.93. The van der Waals surface area contributed by atoms with Crippen LogP contribution >= 0.6 is 11.8 Å². The molecule has 0 amide bonds. The highest BCUT2D eigenvalue weighted by molar-refractivity contribution is 7.99. The molecular formula is C20H26N2O5S2. The minimum Gasteiger partial charge on any atom is -0.493 e. The normalized spacial score (nSPS) is 13.0. The molecule has 1 aromatic heterocycles. The molecule has 0 saturated heterocycles. The van der Waals surface area contributed by atoms with Crippen LogP contribution in [-0.2, 0) is 10.0 Å². The first-order chi connectivity index (χ1) is 13.8. The molecule has 1 heterocycles. The van der Waals surface area contributed by atoms with Crippen LogP contribution in [0.2, 0.25) is 0 Å². The smallest absolute Gasteiger partial charge is 0.244 e. The van der Waals surface area contributed by atoms with Gasteiger partial charge in [0.2, 0.25) is 10.0 Å². The molecular weight excluding hydrogens is 412 g/mol. The summed E-state index contributed by atoms with van der Waals surface area (Å²) < 4.78 is 36.3. The molecule has 0 spiro atoms. The summed E-state index contributed by atoms with van der Waals surface area (Å²) in [5, 5.41) is 10.8. The van der Waals surface area contributed by atoms with Gasteiger partial charge < -0.3 is 14.6 Å². The van der Waals surface area contributed by atoms with E-state index in [1.807, 2.05) is 31.2 Å². The standard InChI is InChI=1S/C20H26N2O5S2/c1-5-6-15-7-9-18(19(11-15)26-4)27-13-16(23)14-28-20-10-8-17(12-21-20)29(24,25)22(2)3/h5-12,16,23H,13-14H2,1-4H3/b6-5+. The third-order valence-electron chi connectivity index (χ3n) is 3.89. The molecule has 0 aliphatic heterocycles. The molecule has 2 rings (SSSR count). The number of thioether (sulfide) groups is 1. The Morgan fingerprint density at radius 1 is 1.24 bits per heavy atom. The number of allylic oxidation sites excluding steroid dienone is 1. The summed E-state index contributed by atoms with van der Waals surface area (Å²) >= 11 is 1.32. The fourth-order valence-electron chi connectivity index (χ4n) is 2.33. The van der Waals surface area contributed by atoms with Gasteiger partial charge in [-0.25, -0.2) is 17.7 Å². The zero-order valence-corrected chi connectivity index (χ0v) is 18.5. The van der Waals surface area contributed by atoms with E-state index in [2.05, 4.69) is 4.98 Å². The Kier molecular flexibility index (Phi) is 8.51. The monoisotopic (exact) mass is 438 g/mol. The quantitative estimate of drug-likeness (QED) is 0.571. The molecule has 29 heavy (non-hydrogen) atoms. The molecule has 0 fully saturated rings. The second kappa shape index (κ2) is 10.6. The summed E-state index contributed by atoms with van der Waals surface area (Å²) in [4.78, 5) is 4.28. The van der Waals surface area contributed by atoms with Crippen LogP contribution in [0, 0.1) is 0 Å². The molecule has 9 heteroatoms. The third kappa shape index (κ3) is 6.46. The highest BCUT2D eigenvalue weighted by Gasteiger charge is 2.17. The molecule has 0 radical (unpaired) electrons. The van der Waals surface area contributed by atoms with Crippen molar-refractivity contribution >= 4 is 27.9 Å². The average Bonchev–Trinajstić information content (AvgIpc) is 2.71. The van der Waals surface area contributed by atoms with Crippen LogP contribution in [0.15, 0.2) is 52.5 Å². The number of rotatable bonds is 10. The number of ether oxygens (including phenoxy) is 2. The number of aliphatic hydroxyl groups excluding tert-OH is 1. The molecule has 0 saturated carbocycles. The van der Waals surface area contributed by atoms with Gasteiger partial charge in [-0.15, -0.1) is 11.8 Å². The first kappa shape index (κ1) is 23.2. The summed E-state index contributed by atoms with van der Waals surface area (Å²) in [6, 6.07) is 8.71. The maximum absolute atomic E-state index is 12.0. The van der Waals surface area contributed by atoms with Crippen LogP contribution in [-0.4, -0.2) is 62.5 Å². The second-order valence-corrected chi connectivity index (χ2v) is 9.50. The van der Waals surface area contributed by atoms with Crippen molar-refractivity contribution in [1.29, 1.82) is 0 Å². The van der Waals surface area contributed by atoms with Gasteiger partial charge in [-0.1, -0.05) is 18.2 Å². The van der Waals surface area contributed by atoms with Gasteiger partial charge in [0, 0.05) is 26.0 Å². The third-order valence-corrected chi connectivity index (χ3v) is 6.78. The van der Waals surface area contributed by atoms with Gasteiger partial charge in [0.1, 0.15) is 11.5 Å². The van der Waals surface area contributed by atoms with E-state index < -0.39 is 16.1 Å². The zero-order chi connectivity index (χ0) is 21.4. The first-order valence-electron chi connectivity index (χ1n) is 8.91. The maximum Gasteiger partial charge on any atom is 0.244 e. The molecule has 0 bridgehead atoms. The molecule has 1 unspecified atom stereocenters. The van der Waals surface area contributed by atoms with E-state index in [9.17, 15) is 13.5 Å². The van der Waals surface area contributed by atoms with E-state index in [4.69, 9.17) is 9.47 Å². The van der Waals surface area contributed by atoms with Crippen LogP contribution in [0.25, 0.3) is 6.08 Å². The molecule has 0 aliphatic rings. The Bertz CT molecular complexity index is 928. The molecule has 158 valence electrons. The minimum absolute atomic E-state index is 0.0966. The van der Waals surface area contributed by atoms with Gasteiger partial charge >= 0.3 is 0 Å². The molecule has 2 aromatic rings. The zero-order valence-electron chi connectivity index (χ0n) is 16.9. The average molecular weight is 439 g/mol. The number of pyridine rings is 1. The predicted molar refractivity (Wildman–Crippen MR) is 115 cm³/mol. The summed E-state index contributed by atoms with van der Waals surface area (Å²) in [5.74, 6) is 1.51. The van der Waals surface area contributed by atoms with E-state index in [0.29, 0.717) is 22.3 Å². The number of sulfonamides is 1. The molecule has 0 aliphatic carbocycles. The summed E-state index contributed by atoms with van der Waals surface area (Å²) in [6.45, 7) is 2.04. The van der Waals surface area contributed by atoms with E-state index >= 15 is 0 Å². The number of nitrogens with zero attached hydrogens (tertiary/aromatic N) is 2. The van der Waals surface area contributed by atoms with Crippen molar-refractivity contribution in [1.82, 2.24) is 9.29 Å². The van der Waals surface area contributed by atoms with Gasteiger partial charge in [-0.05, 0) is 36.8 Å². The number of aromatic nitrogens is 1. The molecule has 1 aromatic carbocycles. The SMILES string of the molecule is C/C=C/c1ccc(OCC(O)CSc2ccc(S(=O)(=O)N(C)C)cn2)c(OC)c1. The lowest BCUT2D eigenvalue weighted by molar-refractivity contribution is 0.124. The summed E-state index contributed by atoms with van der Waals surface area (Å²) in [6.07, 6.45) is 4.48. The van der Waals surface area contributed by atoms with Crippen molar-refractivity contribution in [2.24, 2.45) is 0 Å². The second-order valence-electron chi connectivity index (χ2n) is 6.31. The van der Waals surface area contributed by atoms with Gasteiger partial charge in [-0.2, -0.15) is 0 Å². The van der Waals surface area contributed by atoms with Gasteiger partial charge in [-0.3, -0.25) is 0 Å². The number of hydrogen-bond acceptors (Lipinski definition) is 7. The van der Waals surface area contributed by atoms with Crippen LogP contribution in [0.1, 0.15) is 12.5 Å². The van der Waals surface area contributed by atoms with Crippen LogP contribution in [0.5, 0.6) is 11.5 Å². The maximum atomic E-state index is 12.0.